The zero-order valence-corrected chi connectivity index (χ0v) is 7.68. The molecule has 1 aromatic heterocycles. The first-order chi connectivity index (χ1) is 6.88. The van der Waals surface area contributed by atoms with Crippen LogP contribution < -0.4 is 5.32 Å². The molecule has 2 N–H and O–H groups in total. The van der Waals surface area contributed by atoms with Crippen molar-refractivity contribution in [2.75, 3.05) is 7.05 Å². The van der Waals surface area contributed by atoms with Crippen molar-refractivity contribution in [2.45, 2.75) is 12.7 Å². The van der Waals surface area contributed by atoms with E-state index in [2.05, 4.69) is 9.73 Å². The first kappa shape index (κ1) is 11.6. The number of hydrogen-bond acceptors (Lipinski definition) is 3. The second kappa shape index (κ2) is 3.93. The molecule has 0 aromatic carbocycles. The Kier molecular flexibility index (Phi) is 3.04. The Bertz CT molecular complexity index is 370. The quantitative estimate of drug-likeness (QED) is 0.818. The lowest BCUT2D eigenvalue weighted by Gasteiger charge is -2.04. The van der Waals surface area contributed by atoms with E-state index in [1.54, 1.807) is 0 Å². The normalized spacial score (nSPS) is 11.7. The number of halogens is 3. The molecule has 0 atom stereocenters. The summed E-state index contributed by atoms with van der Waals surface area (Å²) >= 11 is 0. The van der Waals surface area contributed by atoms with Gasteiger partial charge in [-0.05, 0) is 7.05 Å². The summed E-state index contributed by atoms with van der Waals surface area (Å²) in [5.74, 6) is -1.89. The predicted octanol–water partition coefficient (Wildman–Crippen LogP) is 1.72. The Morgan fingerprint density at radius 3 is 2.60 bits per heavy atom. The molecule has 4 nitrogen and oxygen atoms in total. The summed E-state index contributed by atoms with van der Waals surface area (Å²) < 4.78 is 41.5. The molecule has 0 fully saturated rings. The number of carbonyl (C=O) groups is 1. The zero-order valence-electron chi connectivity index (χ0n) is 7.68. The van der Waals surface area contributed by atoms with Crippen LogP contribution in [0.1, 0.15) is 21.7 Å². The summed E-state index contributed by atoms with van der Waals surface area (Å²) in [7, 11) is 1.47. The number of aromatic carboxylic acids is 1. The number of hydrogen-bond donors (Lipinski definition) is 2. The second-order valence-electron chi connectivity index (χ2n) is 2.78. The highest BCUT2D eigenvalue weighted by Crippen LogP contribution is 2.34. The van der Waals surface area contributed by atoms with Crippen molar-refractivity contribution >= 4 is 5.97 Å². The lowest BCUT2D eigenvalue weighted by molar-refractivity contribution is -0.138. The van der Waals surface area contributed by atoms with Crippen molar-refractivity contribution in [3.8, 4) is 0 Å². The maximum Gasteiger partial charge on any atom is 0.420 e. The molecule has 0 saturated carbocycles. The van der Waals surface area contributed by atoms with Gasteiger partial charge in [0.2, 0.25) is 0 Å². The van der Waals surface area contributed by atoms with Gasteiger partial charge >= 0.3 is 12.1 Å². The largest absolute Gasteiger partial charge is 0.478 e. The lowest BCUT2D eigenvalue weighted by atomic mass is 10.1. The summed E-state index contributed by atoms with van der Waals surface area (Å²) in [6.45, 7) is -0.0717. The van der Waals surface area contributed by atoms with Crippen LogP contribution in [0.3, 0.4) is 0 Å². The van der Waals surface area contributed by atoms with Crippen LogP contribution in [-0.2, 0) is 12.7 Å². The number of alkyl halides is 3. The molecule has 1 rings (SSSR count). The van der Waals surface area contributed by atoms with Gasteiger partial charge in [0.15, 0.2) is 0 Å². The van der Waals surface area contributed by atoms with E-state index < -0.39 is 23.3 Å². The first-order valence-corrected chi connectivity index (χ1v) is 3.93. The van der Waals surface area contributed by atoms with Gasteiger partial charge in [0.25, 0.3) is 0 Å². The molecule has 15 heavy (non-hydrogen) atoms. The molecular weight excluding hydrogens is 215 g/mol. The molecule has 0 radical (unpaired) electrons. The van der Waals surface area contributed by atoms with E-state index >= 15 is 0 Å². The first-order valence-electron chi connectivity index (χ1n) is 3.93. The highest BCUT2D eigenvalue weighted by Gasteiger charge is 2.39. The van der Waals surface area contributed by atoms with Crippen LogP contribution in [0.2, 0.25) is 0 Å². The molecule has 0 spiro atoms. The van der Waals surface area contributed by atoms with Gasteiger partial charge < -0.3 is 14.8 Å². The monoisotopic (exact) mass is 223 g/mol. The molecule has 0 saturated heterocycles. The average molecular weight is 223 g/mol. The Hall–Kier alpha value is -1.50. The average Bonchev–Trinajstić information content (AvgIpc) is 2.47. The van der Waals surface area contributed by atoms with Crippen LogP contribution in [0, 0.1) is 0 Å². The van der Waals surface area contributed by atoms with Gasteiger partial charge in [-0.25, -0.2) is 4.79 Å². The fourth-order valence-corrected chi connectivity index (χ4v) is 1.13. The second-order valence-corrected chi connectivity index (χ2v) is 2.78. The van der Waals surface area contributed by atoms with Crippen LogP contribution in [0.15, 0.2) is 10.7 Å². The van der Waals surface area contributed by atoms with Gasteiger partial charge in [-0.2, -0.15) is 13.2 Å². The summed E-state index contributed by atoms with van der Waals surface area (Å²) in [5.41, 5.74) is -2.10. The number of nitrogens with one attached hydrogen (secondary N) is 1. The Morgan fingerprint density at radius 2 is 2.20 bits per heavy atom. The third-order valence-corrected chi connectivity index (χ3v) is 1.72. The minimum Gasteiger partial charge on any atom is -0.478 e. The molecule has 0 aliphatic carbocycles. The molecule has 1 heterocycles. The molecule has 0 bridgehead atoms. The fourth-order valence-electron chi connectivity index (χ4n) is 1.13. The number of carboxylic acids is 1. The van der Waals surface area contributed by atoms with Gasteiger partial charge in [0.05, 0.1) is 6.54 Å². The van der Waals surface area contributed by atoms with Crippen molar-refractivity contribution in [1.82, 2.24) is 5.32 Å². The molecule has 0 aliphatic rings. The molecule has 84 valence electrons. The molecule has 0 aliphatic heterocycles. The fraction of sp³-hybridized carbons (Fsp3) is 0.375. The minimum absolute atomic E-state index is 0.0717. The maximum absolute atomic E-state index is 12.3. The van der Waals surface area contributed by atoms with Gasteiger partial charge in [-0.1, -0.05) is 0 Å². The Balaban J connectivity index is 3.24. The summed E-state index contributed by atoms with van der Waals surface area (Å²) in [5, 5.41) is 11.2. The van der Waals surface area contributed by atoms with Crippen LogP contribution in [0.5, 0.6) is 0 Å². The Labute approximate surface area is 82.7 Å². The van der Waals surface area contributed by atoms with Gasteiger partial charge in [0, 0.05) is 0 Å². The third kappa shape index (κ3) is 2.30. The Morgan fingerprint density at radius 1 is 1.60 bits per heavy atom. The number of furan rings is 1. The molecular formula is C8H8F3NO3. The topological polar surface area (TPSA) is 62.5 Å². The van der Waals surface area contributed by atoms with E-state index in [1.165, 1.54) is 7.05 Å². The highest BCUT2D eigenvalue weighted by atomic mass is 19.4. The van der Waals surface area contributed by atoms with Crippen molar-refractivity contribution in [1.29, 1.82) is 0 Å². The summed E-state index contributed by atoms with van der Waals surface area (Å²) in [4.78, 5) is 10.6. The molecule has 0 amide bonds. The predicted molar refractivity (Wildman–Crippen MR) is 43.4 cm³/mol. The summed E-state index contributed by atoms with van der Waals surface area (Å²) in [6.07, 6.45) is -4.31. The van der Waals surface area contributed by atoms with Gasteiger partial charge in [0.1, 0.15) is 23.2 Å². The van der Waals surface area contributed by atoms with E-state index in [4.69, 9.17) is 5.11 Å². The van der Waals surface area contributed by atoms with Crippen LogP contribution in [0.4, 0.5) is 13.2 Å². The minimum atomic E-state index is -4.72. The SMILES string of the molecule is CNCc1occ(C(F)(F)F)c1C(=O)O. The van der Waals surface area contributed by atoms with E-state index in [1.807, 2.05) is 0 Å². The van der Waals surface area contributed by atoms with Crippen molar-refractivity contribution in [3.63, 3.8) is 0 Å². The highest BCUT2D eigenvalue weighted by molar-refractivity contribution is 5.90. The van der Waals surface area contributed by atoms with E-state index in [0.29, 0.717) is 6.26 Å². The maximum atomic E-state index is 12.3. The molecule has 7 heteroatoms. The molecule has 0 unspecified atom stereocenters. The van der Waals surface area contributed by atoms with Crippen LogP contribution in [0.25, 0.3) is 0 Å². The number of rotatable bonds is 3. The third-order valence-electron chi connectivity index (χ3n) is 1.72. The lowest BCUT2D eigenvalue weighted by Crippen LogP contribution is -2.14. The van der Waals surface area contributed by atoms with E-state index in [-0.39, 0.29) is 12.3 Å². The number of carboxylic acid groups (broad SMARTS) is 1. The standard InChI is InChI=1S/C8H8F3NO3/c1-12-2-5-6(7(13)14)4(3-15-5)8(9,10)11/h3,12H,2H2,1H3,(H,13,14). The molecule has 1 aromatic rings. The van der Waals surface area contributed by atoms with Crippen LogP contribution >= 0.6 is 0 Å². The summed E-state index contributed by atoms with van der Waals surface area (Å²) in [6, 6.07) is 0. The van der Waals surface area contributed by atoms with Crippen LogP contribution in [-0.4, -0.2) is 18.1 Å². The van der Waals surface area contributed by atoms with Crippen molar-refractivity contribution in [3.05, 3.63) is 23.2 Å². The zero-order chi connectivity index (χ0) is 11.6. The van der Waals surface area contributed by atoms with Gasteiger partial charge in [-0.15, -0.1) is 0 Å². The smallest absolute Gasteiger partial charge is 0.420 e. The van der Waals surface area contributed by atoms with Gasteiger partial charge in [-0.3, -0.25) is 0 Å². The van der Waals surface area contributed by atoms with Crippen molar-refractivity contribution < 1.29 is 27.5 Å². The van der Waals surface area contributed by atoms with E-state index in [9.17, 15) is 18.0 Å². The van der Waals surface area contributed by atoms with E-state index in [0.717, 1.165) is 0 Å². The van der Waals surface area contributed by atoms with Crippen molar-refractivity contribution in [2.24, 2.45) is 0 Å².